The lowest BCUT2D eigenvalue weighted by Gasteiger charge is -2.07. The molecule has 2 amide bonds. The Kier molecular flexibility index (Phi) is 6.44. The molecule has 162 valence electrons. The minimum atomic E-state index is -2.99. The summed E-state index contributed by atoms with van der Waals surface area (Å²) in [5.41, 5.74) is 7.95. The SMILES string of the molecule is Cc1cc(C)c2c(N)c(C(=O)OCC(=O)NC(=O)c3ccc(OC(F)F)cc3)sc2n1. The Balaban J connectivity index is 1.60. The topological polar surface area (TPSA) is 121 Å². The van der Waals surface area contributed by atoms with E-state index in [0.29, 0.717) is 10.2 Å². The zero-order valence-electron chi connectivity index (χ0n) is 16.4. The molecule has 8 nitrogen and oxygen atoms in total. The highest BCUT2D eigenvalue weighted by molar-refractivity contribution is 7.21. The summed E-state index contributed by atoms with van der Waals surface area (Å²) in [5.74, 6) is -2.60. The number of aromatic nitrogens is 1. The van der Waals surface area contributed by atoms with Crippen LogP contribution in [0.25, 0.3) is 10.2 Å². The van der Waals surface area contributed by atoms with Crippen LogP contribution in [0.15, 0.2) is 30.3 Å². The molecule has 0 saturated carbocycles. The number of alkyl halides is 2. The molecule has 0 aliphatic rings. The van der Waals surface area contributed by atoms with Gasteiger partial charge in [-0.2, -0.15) is 8.78 Å². The second kappa shape index (κ2) is 9.04. The normalized spacial score (nSPS) is 10.9. The van der Waals surface area contributed by atoms with Crippen molar-refractivity contribution >= 4 is 45.0 Å². The lowest BCUT2D eigenvalue weighted by atomic mass is 10.1. The summed E-state index contributed by atoms with van der Waals surface area (Å²) in [5, 5.41) is 2.69. The number of nitrogens with zero attached hydrogens (tertiary/aromatic N) is 1. The van der Waals surface area contributed by atoms with Crippen molar-refractivity contribution in [2.75, 3.05) is 12.3 Å². The molecular weight excluding hydrogens is 432 g/mol. The number of carbonyl (C=O) groups excluding carboxylic acids is 3. The van der Waals surface area contributed by atoms with Crippen molar-refractivity contribution in [3.63, 3.8) is 0 Å². The van der Waals surface area contributed by atoms with Gasteiger partial charge in [-0.05, 0) is 49.7 Å². The maximum Gasteiger partial charge on any atom is 0.387 e. The monoisotopic (exact) mass is 449 g/mol. The average Bonchev–Trinajstić information content (AvgIpc) is 3.02. The molecule has 31 heavy (non-hydrogen) atoms. The molecule has 0 saturated heterocycles. The van der Waals surface area contributed by atoms with Crippen molar-refractivity contribution in [2.24, 2.45) is 0 Å². The zero-order valence-corrected chi connectivity index (χ0v) is 17.2. The third-order valence-electron chi connectivity index (χ3n) is 4.14. The van der Waals surface area contributed by atoms with Gasteiger partial charge in [-0.25, -0.2) is 9.78 Å². The largest absolute Gasteiger partial charge is 0.451 e. The molecule has 2 heterocycles. The van der Waals surface area contributed by atoms with E-state index in [1.165, 1.54) is 12.1 Å². The van der Waals surface area contributed by atoms with Crippen LogP contribution in [0, 0.1) is 13.8 Å². The fourth-order valence-electron chi connectivity index (χ4n) is 2.84. The summed E-state index contributed by atoms with van der Waals surface area (Å²) < 4.78 is 33.4. The number of hydrogen-bond donors (Lipinski definition) is 2. The summed E-state index contributed by atoms with van der Waals surface area (Å²) in [6, 6.07) is 6.58. The third-order valence-corrected chi connectivity index (χ3v) is 5.22. The number of nitrogen functional groups attached to an aromatic ring is 1. The maximum absolute atomic E-state index is 12.4. The minimum Gasteiger partial charge on any atom is -0.451 e. The lowest BCUT2D eigenvalue weighted by molar-refractivity contribution is -0.123. The molecule has 0 aliphatic carbocycles. The van der Waals surface area contributed by atoms with Crippen LogP contribution >= 0.6 is 11.3 Å². The Labute approximate surface area is 179 Å². The minimum absolute atomic E-state index is 0.0342. The zero-order chi connectivity index (χ0) is 22.7. The van der Waals surface area contributed by atoms with Crippen LogP contribution < -0.4 is 15.8 Å². The van der Waals surface area contributed by atoms with Gasteiger partial charge in [0.15, 0.2) is 6.61 Å². The van der Waals surface area contributed by atoms with Crippen molar-refractivity contribution in [1.82, 2.24) is 10.3 Å². The molecule has 0 fully saturated rings. The van der Waals surface area contributed by atoms with Gasteiger partial charge in [0.25, 0.3) is 11.8 Å². The van der Waals surface area contributed by atoms with E-state index in [4.69, 9.17) is 10.5 Å². The number of imide groups is 1. The molecule has 3 aromatic rings. The van der Waals surface area contributed by atoms with Crippen molar-refractivity contribution in [3.8, 4) is 5.75 Å². The van der Waals surface area contributed by atoms with Gasteiger partial charge in [0.2, 0.25) is 0 Å². The summed E-state index contributed by atoms with van der Waals surface area (Å²) in [6.45, 7) is -0.0350. The van der Waals surface area contributed by atoms with Crippen molar-refractivity contribution < 1.29 is 32.6 Å². The van der Waals surface area contributed by atoms with Gasteiger partial charge in [-0.15, -0.1) is 11.3 Å². The summed E-state index contributed by atoms with van der Waals surface area (Å²) in [7, 11) is 0. The number of fused-ring (bicyclic) bond motifs is 1. The molecule has 1 aromatic carbocycles. The van der Waals surface area contributed by atoms with E-state index in [9.17, 15) is 23.2 Å². The number of halogens is 2. The lowest BCUT2D eigenvalue weighted by Crippen LogP contribution is -2.34. The highest BCUT2D eigenvalue weighted by atomic mass is 32.1. The maximum atomic E-state index is 12.4. The van der Waals surface area contributed by atoms with Gasteiger partial charge >= 0.3 is 12.6 Å². The van der Waals surface area contributed by atoms with E-state index in [-0.39, 0.29) is 21.9 Å². The number of rotatable bonds is 6. The number of nitrogens with one attached hydrogen (secondary N) is 1. The number of anilines is 1. The smallest absolute Gasteiger partial charge is 0.387 e. The predicted molar refractivity (Wildman–Crippen MR) is 109 cm³/mol. The van der Waals surface area contributed by atoms with Gasteiger partial charge in [0.05, 0.1) is 5.69 Å². The molecule has 11 heteroatoms. The molecular formula is C20H17F2N3O5S. The van der Waals surface area contributed by atoms with E-state index in [1.807, 2.05) is 25.2 Å². The molecule has 0 aliphatic heterocycles. The molecule has 3 rings (SSSR count). The number of aryl methyl sites for hydroxylation is 2. The summed E-state index contributed by atoms with van der Waals surface area (Å²) in [4.78, 5) is 41.4. The molecule has 0 atom stereocenters. The van der Waals surface area contributed by atoms with Crippen LogP contribution in [0.2, 0.25) is 0 Å². The van der Waals surface area contributed by atoms with E-state index in [1.54, 1.807) is 0 Å². The Morgan fingerprint density at radius 2 is 1.87 bits per heavy atom. The van der Waals surface area contributed by atoms with Gasteiger partial charge in [0.1, 0.15) is 15.5 Å². The number of carbonyl (C=O) groups is 3. The first kappa shape index (κ1) is 22.1. The van der Waals surface area contributed by atoms with Crippen LogP contribution in [-0.4, -0.2) is 36.0 Å². The summed E-state index contributed by atoms with van der Waals surface area (Å²) >= 11 is 1.05. The van der Waals surface area contributed by atoms with Crippen molar-refractivity contribution in [1.29, 1.82) is 0 Å². The fraction of sp³-hybridized carbons (Fsp3) is 0.200. The predicted octanol–water partition coefficient (Wildman–Crippen LogP) is 3.21. The van der Waals surface area contributed by atoms with Crippen LogP contribution in [0.3, 0.4) is 0 Å². The quantitative estimate of drug-likeness (QED) is 0.555. The Hall–Kier alpha value is -3.60. The van der Waals surface area contributed by atoms with Crippen LogP contribution in [0.4, 0.5) is 14.5 Å². The fourth-order valence-corrected chi connectivity index (χ4v) is 3.95. The van der Waals surface area contributed by atoms with Crippen LogP contribution in [0.1, 0.15) is 31.3 Å². The Morgan fingerprint density at radius 1 is 1.19 bits per heavy atom. The molecule has 0 unspecified atom stereocenters. The number of ether oxygens (including phenoxy) is 2. The number of nitrogens with two attached hydrogens (primary N) is 1. The second-order valence-corrected chi connectivity index (χ2v) is 7.46. The molecule has 0 radical (unpaired) electrons. The van der Waals surface area contributed by atoms with Gasteiger partial charge in [-0.3, -0.25) is 14.9 Å². The van der Waals surface area contributed by atoms with E-state index < -0.39 is 31.0 Å². The van der Waals surface area contributed by atoms with Crippen LogP contribution in [-0.2, 0) is 9.53 Å². The number of esters is 1. The van der Waals surface area contributed by atoms with Gasteiger partial charge in [-0.1, -0.05) is 0 Å². The van der Waals surface area contributed by atoms with Gasteiger partial charge in [0, 0.05) is 16.6 Å². The average molecular weight is 449 g/mol. The molecule has 3 N–H and O–H groups in total. The van der Waals surface area contributed by atoms with Crippen LogP contribution in [0.5, 0.6) is 5.75 Å². The van der Waals surface area contributed by atoms with Crippen molar-refractivity contribution in [3.05, 3.63) is 52.0 Å². The highest BCUT2D eigenvalue weighted by Crippen LogP contribution is 2.35. The molecule has 0 bridgehead atoms. The number of thiophene rings is 1. The Morgan fingerprint density at radius 3 is 2.52 bits per heavy atom. The first-order valence-corrected chi connectivity index (χ1v) is 9.69. The van der Waals surface area contributed by atoms with Gasteiger partial charge < -0.3 is 15.2 Å². The number of hydrogen-bond acceptors (Lipinski definition) is 8. The highest BCUT2D eigenvalue weighted by Gasteiger charge is 2.21. The molecule has 2 aromatic heterocycles. The standard InChI is InChI=1S/C20H17F2N3O5S/c1-9-7-10(2)24-18-14(9)15(23)16(31-18)19(28)29-8-13(26)25-17(27)11-3-5-12(6-4-11)30-20(21)22/h3-7,20H,8,23H2,1-2H3,(H,25,26,27). The van der Waals surface area contributed by atoms with Crippen molar-refractivity contribution in [2.45, 2.75) is 20.5 Å². The first-order chi connectivity index (χ1) is 14.7. The van der Waals surface area contributed by atoms with E-state index >= 15 is 0 Å². The summed E-state index contributed by atoms with van der Waals surface area (Å²) in [6.07, 6.45) is 0. The van der Waals surface area contributed by atoms with E-state index in [0.717, 1.165) is 34.7 Å². The second-order valence-electron chi connectivity index (χ2n) is 6.46. The Bertz CT molecular complexity index is 1160. The number of pyridine rings is 1. The third kappa shape index (κ3) is 5.12. The van der Waals surface area contributed by atoms with E-state index in [2.05, 4.69) is 9.72 Å². The molecule has 0 spiro atoms. The number of amides is 2. The number of benzene rings is 1. The first-order valence-electron chi connectivity index (χ1n) is 8.88.